The molecule has 0 radical (unpaired) electrons. The van der Waals surface area contributed by atoms with Crippen LogP contribution in [0.25, 0.3) is 0 Å². The fraction of sp³-hybridized carbons (Fsp3) is 0.542. The Kier molecular flexibility index (Phi) is 41.2. The van der Waals surface area contributed by atoms with Crippen molar-refractivity contribution in [2.24, 2.45) is 0 Å². The molecule has 0 N–H and O–H groups in total. The molecule has 8 heteroatoms. The Hall–Kier alpha value is -1.92. The molecule has 0 amide bonds. The molecule has 0 saturated carbocycles. The van der Waals surface area contributed by atoms with Gasteiger partial charge >= 0.3 is 46.1 Å². The Bertz CT molecular complexity index is 1140. The Balaban J connectivity index is 0.00000217. The van der Waals surface area contributed by atoms with Crippen LogP contribution in [-0.4, -0.2) is 36.7 Å². The maximum Gasteiger partial charge on any atom is 2.00 e. The van der Waals surface area contributed by atoms with Crippen LogP contribution in [0.4, 0.5) is 0 Å². The fourth-order valence-electron chi connectivity index (χ4n) is 5.93. The Morgan fingerprint density at radius 1 is 0.429 bits per heavy atom. The zero-order valence-electron chi connectivity index (χ0n) is 33.9. The first-order valence-electron chi connectivity index (χ1n) is 21.0. The zero-order chi connectivity index (χ0) is 38.3. The molecule has 0 spiro atoms. The average Bonchev–Trinajstić information content (AvgIpc) is 4.04. The van der Waals surface area contributed by atoms with Crippen LogP contribution in [0.2, 0.25) is 0 Å². The van der Waals surface area contributed by atoms with Crippen LogP contribution in [0, 0.1) is 0 Å². The minimum atomic E-state index is -0.0301. The first-order valence-corrected chi connectivity index (χ1v) is 23.5. The molecule has 0 aromatic heterocycles. The van der Waals surface area contributed by atoms with Gasteiger partial charge in [0.05, 0.1) is 13.2 Å². The van der Waals surface area contributed by atoms with Crippen molar-refractivity contribution >= 4 is 33.5 Å². The van der Waals surface area contributed by atoms with Crippen LogP contribution >= 0.6 is 21.6 Å². The van der Waals surface area contributed by atoms with E-state index in [2.05, 4.69) is 48.5 Å². The Morgan fingerprint density at radius 2 is 0.786 bits per heavy atom. The van der Waals surface area contributed by atoms with E-state index in [4.69, 9.17) is 9.47 Å². The fourth-order valence-corrected chi connectivity index (χ4v) is 8.22. The van der Waals surface area contributed by atoms with Gasteiger partial charge in [-0.15, -0.1) is 0 Å². The van der Waals surface area contributed by atoms with Gasteiger partial charge in [0, 0.05) is 24.3 Å². The molecule has 4 aromatic rings. The second kappa shape index (κ2) is 42.7. The summed E-state index contributed by atoms with van der Waals surface area (Å²) in [6.45, 7) is 1.18. The summed E-state index contributed by atoms with van der Waals surface area (Å²) in [6, 6.07) is 36.8. The Labute approximate surface area is 370 Å². The molecule has 0 unspecified atom stereocenters. The van der Waals surface area contributed by atoms with Crippen LogP contribution in [0.3, 0.4) is 0 Å². The van der Waals surface area contributed by atoms with Crippen LogP contribution in [0.1, 0.15) is 140 Å². The molecular weight excluding hydrogens is 816 g/mol. The van der Waals surface area contributed by atoms with Crippen molar-refractivity contribution in [3.63, 3.8) is 0 Å². The van der Waals surface area contributed by atoms with Crippen LogP contribution in [0.15, 0.2) is 109 Å². The van der Waals surface area contributed by atoms with Crippen molar-refractivity contribution in [1.29, 1.82) is 0 Å². The number of rotatable bonds is 31. The zero-order valence-corrected chi connectivity index (χ0v) is 37.8. The van der Waals surface area contributed by atoms with Gasteiger partial charge < -0.3 is 9.47 Å². The van der Waals surface area contributed by atoms with E-state index < -0.39 is 0 Å². The second-order valence-corrected chi connectivity index (χ2v) is 16.7. The number of hydrogen-bond donors (Lipinski definition) is 0. The molecule has 0 atom stereocenters. The van der Waals surface area contributed by atoms with Gasteiger partial charge in [-0.25, -0.2) is 48.5 Å². The van der Waals surface area contributed by atoms with E-state index >= 15 is 0 Å². The van der Waals surface area contributed by atoms with Gasteiger partial charge in [0.15, 0.2) is 0 Å². The van der Waals surface area contributed by atoms with E-state index in [0.29, 0.717) is 26.1 Å². The third kappa shape index (κ3) is 36.4. The maximum absolute atomic E-state index is 11.8. The molecule has 0 bridgehead atoms. The molecule has 0 aliphatic carbocycles. The number of unbranched alkanes of at least 4 members (excludes halogenated alkanes) is 14. The summed E-state index contributed by atoms with van der Waals surface area (Å²) < 4.78 is 10.8. The first kappa shape index (κ1) is 54.1. The van der Waals surface area contributed by atoms with E-state index in [-0.39, 0.29) is 46.1 Å². The number of aryl methyl sites for hydroxylation is 2. The largest absolute Gasteiger partial charge is 2.00 e. The molecule has 4 nitrogen and oxygen atoms in total. The monoisotopic (exact) mass is 886 g/mol. The predicted octanol–water partition coefficient (Wildman–Crippen LogP) is 14.0. The molecule has 0 aliphatic heterocycles. The summed E-state index contributed by atoms with van der Waals surface area (Å²) in [5.74, 6) is 2.48. The number of carbonyl (C=O) groups is 2. The van der Waals surface area contributed by atoms with Crippen molar-refractivity contribution in [1.82, 2.24) is 0 Å². The third-order valence-electron chi connectivity index (χ3n) is 9.12. The van der Waals surface area contributed by atoms with Gasteiger partial charge in [0.2, 0.25) is 0 Å². The average molecular weight is 887 g/mol. The summed E-state index contributed by atoms with van der Waals surface area (Å²) in [5, 5.41) is 0. The summed E-state index contributed by atoms with van der Waals surface area (Å²) in [6.07, 6.45) is 24.6. The molecule has 0 aliphatic rings. The number of esters is 2. The van der Waals surface area contributed by atoms with E-state index in [1.165, 1.54) is 99.7 Å². The van der Waals surface area contributed by atoms with E-state index in [1.807, 2.05) is 82.3 Å². The predicted molar refractivity (Wildman–Crippen MR) is 235 cm³/mol. The van der Waals surface area contributed by atoms with Crippen molar-refractivity contribution < 1.29 is 53.2 Å². The van der Waals surface area contributed by atoms with E-state index in [0.717, 1.165) is 51.4 Å². The van der Waals surface area contributed by atoms with Crippen molar-refractivity contribution in [3.8, 4) is 0 Å². The third-order valence-corrected chi connectivity index (χ3v) is 11.7. The molecule has 0 heterocycles. The normalized spacial score (nSPS) is 10.2. The van der Waals surface area contributed by atoms with Gasteiger partial charge in [0.25, 0.3) is 0 Å². The topological polar surface area (TPSA) is 52.6 Å². The van der Waals surface area contributed by atoms with E-state index in [1.54, 1.807) is 0 Å². The summed E-state index contributed by atoms with van der Waals surface area (Å²) in [7, 11) is 4.10. The molecule has 314 valence electrons. The first-order chi connectivity index (χ1) is 26.7. The molecule has 0 fully saturated rings. The van der Waals surface area contributed by atoms with Crippen LogP contribution in [0.5, 0.6) is 0 Å². The molecule has 4 rings (SSSR count). The number of hydrogen-bond acceptors (Lipinski definition) is 6. The van der Waals surface area contributed by atoms with Crippen molar-refractivity contribution in [2.45, 2.75) is 141 Å². The number of carbonyl (C=O) groups excluding carboxylic acids is 2. The minimum absolute atomic E-state index is 0. The summed E-state index contributed by atoms with van der Waals surface area (Å²) in [4.78, 5) is 23.7. The molecule has 4 aromatic carbocycles. The van der Waals surface area contributed by atoms with Crippen molar-refractivity contribution in [2.75, 3.05) is 24.7 Å². The summed E-state index contributed by atoms with van der Waals surface area (Å²) >= 11 is 0. The summed E-state index contributed by atoms with van der Waals surface area (Å²) in [5.41, 5.74) is 2.72. The van der Waals surface area contributed by atoms with Crippen LogP contribution in [-0.2, 0) is 66.0 Å². The molecular formula is C48H70Fe2O4S2. The standard InChI is InChI=1S/C38H60O4S2.2C5H5.2Fe/c39-37(29-17-15-27-35-23-11-12-24-35)41-31-19-7-3-1-5-9-21-33-43-44-34-22-10-6-2-4-8-20-32-42-38(40)30-18-16-28-36-25-13-14-26-36;2*1-2-4-5-3-1;;/h11-14,23-26H,1-10,15-22,27-34H2;2*1-5H;;/q-2;2*-1;2*+2. The SMILES string of the molecule is O=C(CCCCc1ccc[cH-]1)OCCCCCCCCCSSCCCCCCCCCOC(=O)CCCCc1ccc[cH-]1.[Fe+2].[Fe+2].c1cc[cH-]c1.c1cc[cH-]c1. The maximum atomic E-state index is 11.8. The Morgan fingerprint density at radius 3 is 1.11 bits per heavy atom. The van der Waals surface area contributed by atoms with E-state index in [9.17, 15) is 9.59 Å². The quantitative estimate of drug-likeness (QED) is 0.0165. The smallest absolute Gasteiger partial charge is 0.466 e. The van der Waals surface area contributed by atoms with Gasteiger partial charge in [-0.1, -0.05) is 111 Å². The molecule has 0 saturated heterocycles. The van der Waals surface area contributed by atoms with Gasteiger partial charge in [-0.05, 0) is 38.5 Å². The van der Waals surface area contributed by atoms with Gasteiger partial charge in [-0.2, -0.15) is 71.8 Å². The second-order valence-electron chi connectivity index (χ2n) is 14.0. The van der Waals surface area contributed by atoms with Gasteiger partial charge in [-0.3, -0.25) is 9.59 Å². The minimum Gasteiger partial charge on any atom is -0.466 e. The van der Waals surface area contributed by atoms with Crippen LogP contribution < -0.4 is 0 Å². The van der Waals surface area contributed by atoms with Gasteiger partial charge in [0.1, 0.15) is 0 Å². The van der Waals surface area contributed by atoms with Crippen molar-refractivity contribution in [3.05, 3.63) is 120 Å². The molecule has 56 heavy (non-hydrogen) atoms. The number of ether oxygens (including phenoxy) is 2.